The fraction of sp³-hybridized carbons (Fsp3) is 0.300. The van der Waals surface area contributed by atoms with Gasteiger partial charge in [-0.1, -0.05) is 18.2 Å². The van der Waals surface area contributed by atoms with Gasteiger partial charge in [-0.3, -0.25) is 4.79 Å². The molecule has 70 valence electrons. The van der Waals surface area contributed by atoms with E-state index in [9.17, 15) is 4.79 Å². The second kappa shape index (κ2) is 4.62. The van der Waals surface area contributed by atoms with Crippen LogP contribution in [0.15, 0.2) is 30.3 Å². The van der Waals surface area contributed by atoms with Crippen molar-refractivity contribution in [3.8, 4) is 0 Å². The molecule has 0 saturated carbocycles. The van der Waals surface area contributed by atoms with Crippen molar-refractivity contribution >= 4 is 5.91 Å². The number of carbonyl (C=O) groups excluding carboxylic acids is 1. The molecule has 0 bridgehead atoms. The SMILES string of the molecule is CC(O)CNC(=O)c1ccccc1. The zero-order valence-corrected chi connectivity index (χ0v) is 7.53. The van der Waals surface area contributed by atoms with Crippen LogP contribution in [0.3, 0.4) is 0 Å². The highest BCUT2D eigenvalue weighted by atomic mass is 16.3. The third-order valence-electron chi connectivity index (χ3n) is 1.59. The van der Waals surface area contributed by atoms with E-state index >= 15 is 0 Å². The number of aliphatic hydroxyl groups is 1. The Kier molecular flexibility index (Phi) is 3.46. The first-order valence-electron chi connectivity index (χ1n) is 4.21. The predicted molar refractivity (Wildman–Crippen MR) is 50.5 cm³/mol. The van der Waals surface area contributed by atoms with Crippen molar-refractivity contribution in [1.82, 2.24) is 5.32 Å². The van der Waals surface area contributed by atoms with Crippen molar-refractivity contribution in [2.75, 3.05) is 6.54 Å². The molecule has 0 aliphatic carbocycles. The van der Waals surface area contributed by atoms with Gasteiger partial charge in [-0.15, -0.1) is 0 Å². The summed E-state index contributed by atoms with van der Waals surface area (Å²) in [5.41, 5.74) is 0.614. The Morgan fingerprint density at radius 1 is 1.46 bits per heavy atom. The first-order chi connectivity index (χ1) is 6.20. The van der Waals surface area contributed by atoms with Gasteiger partial charge in [0.15, 0.2) is 0 Å². The molecule has 0 fully saturated rings. The monoisotopic (exact) mass is 179 g/mol. The molecule has 0 aromatic heterocycles. The molecule has 1 unspecified atom stereocenters. The summed E-state index contributed by atoms with van der Waals surface area (Å²) in [6.07, 6.45) is -0.507. The normalized spacial score (nSPS) is 12.2. The lowest BCUT2D eigenvalue weighted by Crippen LogP contribution is -2.30. The zero-order chi connectivity index (χ0) is 9.68. The number of aliphatic hydroxyl groups excluding tert-OH is 1. The van der Waals surface area contributed by atoms with Gasteiger partial charge in [0.05, 0.1) is 6.10 Å². The third-order valence-corrected chi connectivity index (χ3v) is 1.59. The third kappa shape index (κ3) is 3.25. The molecule has 2 N–H and O–H groups in total. The fourth-order valence-electron chi connectivity index (χ4n) is 0.932. The minimum Gasteiger partial charge on any atom is -0.392 e. The average molecular weight is 179 g/mol. The van der Waals surface area contributed by atoms with Crippen LogP contribution in [-0.4, -0.2) is 23.7 Å². The fourth-order valence-corrected chi connectivity index (χ4v) is 0.932. The molecule has 1 rings (SSSR count). The van der Waals surface area contributed by atoms with Gasteiger partial charge in [0.1, 0.15) is 0 Å². The molecule has 0 aliphatic heterocycles. The van der Waals surface area contributed by atoms with E-state index in [0.29, 0.717) is 5.56 Å². The first kappa shape index (κ1) is 9.74. The summed E-state index contributed by atoms with van der Waals surface area (Å²) in [5.74, 6) is -0.151. The maximum absolute atomic E-state index is 11.3. The lowest BCUT2D eigenvalue weighted by Gasteiger charge is -2.06. The highest BCUT2D eigenvalue weighted by Gasteiger charge is 2.04. The molecule has 1 aromatic rings. The molecule has 0 heterocycles. The molecule has 3 nitrogen and oxygen atoms in total. The van der Waals surface area contributed by atoms with Crippen LogP contribution in [0, 0.1) is 0 Å². The molecule has 1 amide bonds. The molecule has 3 heteroatoms. The van der Waals surface area contributed by atoms with Crippen LogP contribution >= 0.6 is 0 Å². The Morgan fingerprint density at radius 3 is 2.62 bits per heavy atom. The van der Waals surface area contributed by atoms with Gasteiger partial charge in [-0.25, -0.2) is 0 Å². The summed E-state index contributed by atoms with van der Waals surface area (Å²) < 4.78 is 0. The number of carbonyl (C=O) groups is 1. The summed E-state index contributed by atoms with van der Waals surface area (Å²) in [6.45, 7) is 1.92. The Hall–Kier alpha value is -1.35. The maximum Gasteiger partial charge on any atom is 0.251 e. The van der Waals surface area contributed by atoms with E-state index in [2.05, 4.69) is 5.32 Å². The molecule has 0 spiro atoms. The van der Waals surface area contributed by atoms with Crippen LogP contribution in [-0.2, 0) is 0 Å². The highest BCUT2D eigenvalue weighted by molar-refractivity contribution is 5.94. The molecule has 1 aromatic carbocycles. The van der Waals surface area contributed by atoms with Gasteiger partial charge in [-0.2, -0.15) is 0 Å². The minimum absolute atomic E-state index is 0.151. The van der Waals surface area contributed by atoms with Gasteiger partial charge >= 0.3 is 0 Å². The number of hydrogen-bond acceptors (Lipinski definition) is 2. The second-order valence-corrected chi connectivity index (χ2v) is 2.93. The summed E-state index contributed by atoms with van der Waals surface area (Å²) in [5, 5.41) is 11.5. The quantitative estimate of drug-likeness (QED) is 0.721. The van der Waals surface area contributed by atoms with Crippen molar-refractivity contribution in [3.05, 3.63) is 35.9 Å². The van der Waals surface area contributed by atoms with Crippen molar-refractivity contribution in [2.45, 2.75) is 13.0 Å². The number of nitrogens with one attached hydrogen (secondary N) is 1. The predicted octanol–water partition coefficient (Wildman–Crippen LogP) is 0.797. The van der Waals surface area contributed by atoms with Crippen LogP contribution in [0.5, 0.6) is 0 Å². The summed E-state index contributed by atoms with van der Waals surface area (Å²) in [7, 11) is 0. The largest absolute Gasteiger partial charge is 0.392 e. The Labute approximate surface area is 77.4 Å². The standard InChI is InChI=1S/C10H13NO2/c1-8(12)7-11-10(13)9-5-3-2-4-6-9/h2-6,8,12H,7H2,1H3,(H,11,13). The van der Waals surface area contributed by atoms with E-state index in [-0.39, 0.29) is 12.5 Å². The van der Waals surface area contributed by atoms with Gasteiger partial charge in [-0.05, 0) is 19.1 Å². The lowest BCUT2D eigenvalue weighted by molar-refractivity contribution is 0.0924. The molecule has 0 radical (unpaired) electrons. The average Bonchev–Trinajstić information content (AvgIpc) is 2.15. The number of hydrogen-bond donors (Lipinski definition) is 2. The molecular weight excluding hydrogens is 166 g/mol. The van der Waals surface area contributed by atoms with E-state index < -0.39 is 6.10 Å². The summed E-state index contributed by atoms with van der Waals surface area (Å²) in [6, 6.07) is 8.93. The molecule has 1 atom stereocenters. The Morgan fingerprint density at radius 2 is 2.08 bits per heavy atom. The molecular formula is C10H13NO2. The van der Waals surface area contributed by atoms with E-state index in [4.69, 9.17) is 5.11 Å². The van der Waals surface area contributed by atoms with Crippen molar-refractivity contribution in [1.29, 1.82) is 0 Å². The maximum atomic E-state index is 11.3. The van der Waals surface area contributed by atoms with Crippen LogP contribution in [0.25, 0.3) is 0 Å². The highest BCUT2D eigenvalue weighted by Crippen LogP contribution is 1.97. The van der Waals surface area contributed by atoms with E-state index in [1.54, 1.807) is 31.2 Å². The number of rotatable bonds is 3. The van der Waals surface area contributed by atoms with E-state index in [0.717, 1.165) is 0 Å². The second-order valence-electron chi connectivity index (χ2n) is 2.93. The topological polar surface area (TPSA) is 49.3 Å². The number of amides is 1. The van der Waals surface area contributed by atoms with Crippen molar-refractivity contribution in [2.24, 2.45) is 0 Å². The van der Waals surface area contributed by atoms with Gasteiger partial charge in [0.25, 0.3) is 5.91 Å². The molecule has 0 saturated heterocycles. The summed E-state index contributed by atoms with van der Waals surface area (Å²) >= 11 is 0. The summed E-state index contributed by atoms with van der Waals surface area (Å²) in [4.78, 5) is 11.3. The Balaban J connectivity index is 2.50. The van der Waals surface area contributed by atoms with E-state index in [1.165, 1.54) is 0 Å². The van der Waals surface area contributed by atoms with Crippen LogP contribution < -0.4 is 5.32 Å². The lowest BCUT2D eigenvalue weighted by atomic mass is 10.2. The van der Waals surface area contributed by atoms with Crippen LogP contribution in [0.1, 0.15) is 17.3 Å². The molecule has 13 heavy (non-hydrogen) atoms. The van der Waals surface area contributed by atoms with E-state index in [1.807, 2.05) is 6.07 Å². The van der Waals surface area contributed by atoms with Gasteiger partial charge in [0.2, 0.25) is 0 Å². The van der Waals surface area contributed by atoms with Crippen molar-refractivity contribution < 1.29 is 9.90 Å². The van der Waals surface area contributed by atoms with Crippen molar-refractivity contribution in [3.63, 3.8) is 0 Å². The van der Waals surface area contributed by atoms with Gasteiger partial charge < -0.3 is 10.4 Å². The zero-order valence-electron chi connectivity index (χ0n) is 7.53. The number of benzene rings is 1. The van der Waals surface area contributed by atoms with Crippen LogP contribution in [0.4, 0.5) is 0 Å². The van der Waals surface area contributed by atoms with Gasteiger partial charge in [0, 0.05) is 12.1 Å². The Bertz CT molecular complexity index is 270. The molecule has 0 aliphatic rings. The van der Waals surface area contributed by atoms with Crippen LogP contribution in [0.2, 0.25) is 0 Å². The smallest absolute Gasteiger partial charge is 0.251 e. The minimum atomic E-state index is -0.507. The first-order valence-corrected chi connectivity index (χ1v) is 4.21.